The number of nitrogens with zero attached hydrogens (tertiary/aromatic N) is 3. The number of carbonyl (C=O) groups excluding carboxylic acids is 1. The van der Waals surface area contributed by atoms with E-state index in [2.05, 4.69) is 16.2 Å². The third-order valence-corrected chi connectivity index (χ3v) is 5.29. The minimum absolute atomic E-state index is 0.0713. The molecule has 6 heteroatoms. The van der Waals surface area contributed by atoms with Crippen LogP contribution in [0, 0.1) is 12.8 Å². The van der Waals surface area contributed by atoms with E-state index in [0.29, 0.717) is 12.4 Å². The number of likely N-dealkylation sites (tertiary alicyclic amines) is 1. The number of hydrogen-bond donors (Lipinski definition) is 0. The smallest absolute Gasteiger partial charge is 0.226 e. The lowest BCUT2D eigenvalue weighted by Gasteiger charge is -2.31. The van der Waals surface area contributed by atoms with Gasteiger partial charge < -0.3 is 14.2 Å². The van der Waals surface area contributed by atoms with Gasteiger partial charge in [-0.1, -0.05) is 23.4 Å². The largest absolute Gasteiger partial charge is 0.496 e. The zero-order valence-corrected chi connectivity index (χ0v) is 14.6. The molecular formula is C19H23N3O3. The minimum Gasteiger partial charge on any atom is -0.496 e. The van der Waals surface area contributed by atoms with Crippen LogP contribution in [0.4, 0.5) is 0 Å². The summed E-state index contributed by atoms with van der Waals surface area (Å²) in [6.45, 7) is 3.30. The Morgan fingerprint density at radius 1 is 1.36 bits per heavy atom. The first-order valence-corrected chi connectivity index (χ1v) is 8.89. The molecule has 2 aromatic rings. The van der Waals surface area contributed by atoms with Crippen molar-refractivity contribution in [3.05, 3.63) is 41.5 Å². The summed E-state index contributed by atoms with van der Waals surface area (Å²) in [7, 11) is 1.68. The molecule has 1 aliphatic carbocycles. The Balaban J connectivity index is 1.43. The van der Waals surface area contributed by atoms with E-state index in [0.717, 1.165) is 42.9 Å². The molecule has 2 fully saturated rings. The molecule has 0 unspecified atom stereocenters. The van der Waals surface area contributed by atoms with E-state index in [4.69, 9.17) is 9.26 Å². The number of piperidine rings is 1. The second-order valence-corrected chi connectivity index (χ2v) is 6.99. The van der Waals surface area contributed by atoms with E-state index in [1.54, 1.807) is 14.0 Å². The summed E-state index contributed by atoms with van der Waals surface area (Å²) in [4.78, 5) is 19.3. The van der Waals surface area contributed by atoms with Crippen molar-refractivity contribution in [2.24, 2.45) is 5.92 Å². The van der Waals surface area contributed by atoms with Gasteiger partial charge in [0.15, 0.2) is 5.82 Å². The third kappa shape index (κ3) is 3.13. The van der Waals surface area contributed by atoms with Gasteiger partial charge in [0.1, 0.15) is 5.75 Å². The highest BCUT2D eigenvalue weighted by Gasteiger charge is 2.47. The zero-order chi connectivity index (χ0) is 17.4. The molecule has 0 N–H and O–H groups in total. The maximum Gasteiger partial charge on any atom is 0.226 e. The standard InChI is InChI=1S/C19H23N3O3/c1-12-20-18(21-25-12)13-6-5-9-22(11-13)19(23)16-10-15(16)14-7-3-4-8-17(14)24-2/h3-4,7-8,13,15-16H,5-6,9-11H2,1-2H3/t13-,15-,16+/m0/s1. The molecule has 3 atom stereocenters. The molecule has 1 amide bonds. The van der Waals surface area contributed by atoms with E-state index in [9.17, 15) is 4.79 Å². The van der Waals surface area contributed by atoms with Crippen LogP contribution in [0.25, 0.3) is 0 Å². The second kappa shape index (κ2) is 6.50. The maximum absolute atomic E-state index is 12.9. The Kier molecular flexibility index (Phi) is 4.19. The van der Waals surface area contributed by atoms with Gasteiger partial charge >= 0.3 is 0 Å². The Morgan fingerprint density at radius 2 is 2.20 bits per heavy atom. The zero-order valence-electron chi connectivity index (χ0n) is 14.6. The van der Waals surface area contributed by atoms with Gasteiger partial charge in [-0.05, 0) is 36.8 Å². The van der Waals surface area contributed by atoms with Gasteiger partial charge in [0.05, 0.1) is 7.11 Å². The average molecular weight is 341 g/mol. The Hall–Kier alpha value is -2.37. The highest BCUT2D eigenvalue weighted by Crippen LogP contribution is 2.51. The number of methoxy groups -OCH3 is 1. The fourth-order valence-electron chi connectivity index (χ4n) is 3.89. The summed E-state index contributed by atoms with van der Waals surface area (Å²) in [6.07, 6.45) is 2.89. The van der Waals surface area contributed by atoms with Crippen molar-refractivity contribution in [3.8, 4) is 5.75 Å². The van der Waals surface area contributed by atoms with Crippen LogP contribution < -0.4 is 4.74 Å². The average Bonchev–Trinajstić information content (AvgIpc) is 3.34. The highest BCUT2D eigenvalue weighted by atomic mass is 16.5. The van der Waals surface area contributed by atoms with Crippen LogP contribution in [-0.2, 0) is 4.79 Å². The van der Waals surface area contributed by atoms with Gasteiger partial charge in [-0.2, -0.15) is 4.98 Å². The number of aromatic nitrogens is 2. The van der Waals surface area contributed by atoms with Crippen LogP contribution in [-0.4, -0.2) is 41.1 Å². The second-order valence-electron chi connectivity index (χ2n) is 6.99. The SMILES string of the molecule is COc1ccccc1[C@@H]1C[C@H]1C(=O)N1CCC[C@H](c2noc(C)n2)C1. The van der Waals surface area contributed by atoms with Gasteiger partial charge in [0.25, 0.3) is 0 Å². The Labute approximate surface area is 147 Å². The monoisotopic (exact) mass is 341 g/mol. The lowest BCUT2D eigenvalue weighted by atomic mass is 9.96. The van der Waals surface area contributed by atoms with Crippen LogP contribution in [0.15, 0.2) is 28.8 Å². The Morgan fingerprint density at radius 3 is 2.96 bits per heavy atom. The van der Waals surface area contributed by atoms with Crippen molar-refractivity contribution >= 4 is 5.91 Å². The maximum atomic E-state index is 12.9. The first-order valence-electron chi connectivity index (χ1n) is 8.89. The van der Waals surface area contributed by atoms with Crippen LogP contribution in [0.5, 0.6) is 5.75 Å². The molecule has 0 radical (unpaired) electrons. The molecule has 132 valence electrons. The number of para-hydroxylation sites is 1. The molecule has 1 aromatic carbocycles. The number of ether oxygens (including phenoxy) is 1. The molecule has 1 saturated heterocycles. The summed E-state index contributed by atoms with van der Waals surface area (Å²) in [5, 5.41) is 4.04. The van der Waals surface area contributed by atoms with Crippen molar-refractivity contribution in [2.45, 2.75) is 38.0 Å². The molecule has 4 rings (SSSR count). The topological polar surface area (TPSA) is 68.5 Å². The van der Waals surface area contributed by atoms with Crippen LogP contribution in [0.1, 0.15) is 48.4 Å². The van der Waals surface area contributed by atoms with Crippen molar-refractivity contribution in [2.75, 3.05) is 20.2 Å². The van der Waals surface area contributed by atoms with E-state index >= 15 is 0 Å². The fraction of sp³-hybridized carbons (Fsp3) is 0.526. The lowest BCUT2D eigenvalue weighted by molar-refractivity contribution is -0.133. The molecule has 1 aliphatic heterocycles. The molecule has 1 aromatic heterocycles. The first-order chi connectivity index (χ1) is 12.2. The van der Waals surface area contributed by atoms with E-state index < -0.39 is 0 Å². The predicted molar refractivity (Wildman–Crippen MR) is 91.4 cm³/mol. The molecule has 2 heterocycles. The molecule has 6 nitrogen and oxygen atoms in total. The number of carbonyl (C=O) groups is 1. The summed E-state index contributed by atoms with van der Waals surface area (Å²) < 4.78 is 10.5. The van der Waals surface area contributed by atoms with Gasteiger partial charge in [-0.25, -0.2) is 0 Å². The van der Waals surface area contributed by atoms with Gasteiger partial charge in [0, 0.05) is 31.8 Å². The van der Waals surface area contributed by atoms with E-state index in [-0.39, 0.29) is 23.7 Å². The highest BCUT2D eigenvalue weighted by molar-refractivity contribution is 5.83. The number of amides is 1. The lowest BCUT2D eigenvalue weighted by Crippen LogP contribution is -2.40. The quantitative estimate of drug-likeness (QED) is 0.855. The number of benzene rings is 1. The predicted octanol–water partition coefficient (Wildman–Crippen LogP) is 2.90. The summed E-state index contributed by atoms with van der Waals surface area (Å²) >= 11 is 0. The van der Waals surface area contributed by atoms with Gasteiger partial charge in [-0.15, -0.1) is 0 Å². The Bertz CT molecular complexity index is 773. The van der Waals surface area contributed by atoms with Crippen LogP contribution in [0.3, 0.4) is 0 Å². The normalized spacial score (nSPS) is 25.7. The number of hydrogen-bond acceptors (Lipinski definition) is 5. The molecule has 0 spiro atoms. The summed E-state index contributed by atoms with van der Waals surface area (Å²) in [6, 6.07) is 8.00. The summed E-state index contributed by atoms with van der Waals surface area (Å²) in [5.74, 6) is 2.96. The van der Waals surface area contributed by atoms with Crippen molar-refractivity contribution in [3.63, 3.8) is 0 Å². The molecule has 1 saturated carbocycles. The number of rotatable bonds is 4. The van der Waals surface area contributed by atoms with Crippen molar-refractivity contribution in [1.82, 2.24) is 15.0 Å². The third-order valence-electron chi connectivity index (χ3n) is 5.29. The minimum atomic E-state index is 0.0713. The van der Waals surface area contributed by atoms with Crippen molar-refractivity contribution < 1.29 is 14.1 Å². The molecule has 25 heavy (non-hydrogen) atoms. The molecule has 2 aliphatic rings. The van der Waals surface area contributed by atoms with Crippen LogP contribution >= 0.6 is 0 Å². The summed E-state index contributed by atoms with van der Waals surface area (Å²) in [5.41, 5.74) is 1.14. The molecule has 0 bridgehead atoms. The van der Waals surface area contributed by atoms with Gasteiger partial charge in [0.2, 0.25) is 11.8 Å². The fourth-order valence-corrected chi connectivity index (χ4v) is 3.89. The first kappa shape index (κ1) is 16.1. The van der Waals surface area contributed by atoms with Crippen molar-refractivity contribution in [1.29, 1.82) is 0 Å². The van der Waals surface area contributed by atoms with Gasteiger partial charge in [-0.3, -0.25) is 4.79 Å². The van der Waals surface area contributed by atoms with Crippen LogP contribution in [0.2, 0.25) is 0 Å². The number of aryl methyl sites for hydroxylation is 1. The van der Waals surface area contributed by atoms with E-state index in [1.807, 2.05) is 23.1 Å². The molecular weight excluding hydrogens is 318 g/mol. The van der Waals surface area contributed by atoms with E-state index in [1.165, 1.54) is 0 Å².